The predicted octanol–water partition coefficient (Wildman–Crippen LogP) is 2.46. The van der Waals surface area contributed by atoms with Crippen LogP contribution >= 0.6 is 11.3 Å². The number of amides is 1. The highest BCUT2D eigenvalue weighted by molar-refractivity contribution is 7.12. The van der Waals surface area contributed by atoms with Gasteiger partial charge >= 0.3 is 0 Å². The number of rotatable bonds is 3. The van der Waals surface area contributed by atoms with Gasteiger partial charge in [-0.1, -0.05) is 12.8 Å². The third kappa shape index (κ3) is 2.81. The summed E-state index contributed by atoms with van der Waals surface area (Å²) in [5, 5.41) is 9.37. The Balaban J connectivity index is 1.55. The summed E-state index contributed by atoms with van der Waals surface area (Å²) in [4.78, 5) is 17.5. The van der Waals surface area contributed by atoms with E-state index < -0.39 is 0 Å². The fourth-order valence-corrected chi connectivity index (χ4v) is 4.00. The molecule has 1 aliphatic rings. The van der Waals surface area contributed by atoms with Crippen LogP contribution in [0, 0.1) is 0 Å². The molecule has 1 fully saturated rings. The van der Waals surface area contributed by atoms with Gasteiger partial charge in [0.2, 0.25) is 0 Å². The zero-order valence-corrected chi connectivity index (χ0v) is 14.0. The molecule has 0 bridgehead atoms. The molecule has 3 N–H and O–H groups in total. The summed E-state index contributed by atoms with van der Waals surface area (Å²) < 4.78 is 1.78. The van der Waals surface area contributed by atoms with Crippen LogP contribution in [-0.4, -0.2) is 32.6 Å². The first-order chi connectivity index (χ1) is 11.7. The van der Waals surface area contributed by atoms with E-state index in [1.54, 1.807) is 16.9 Å². The number of thiophene rings is 1. The van der Waals surface area contributed by atoms with Gasteiger partial charge in [0.15, 0.2) is 5.65 Å². The van der Waals surface area contributed by atoms with Crippen molar-refractivity contribution in [2.75, 3.05) is 0 Å². The highest BCUT2D eigenvalue weighted by atomic mass is 32.1. The van der Waals surface area contributed by atoms with Crippen molar-refractivity contribution in [3.05, 3.63) is 40.8 Å². The lowest BCUT2D eigenvalue weighted by atomic mass is 9.91. The topological polar surface area (TPSA) is 85.3 Å². The Hall–Kier alpha value is -2.25. The Morgan fingerprint density at radius 1 is 1.38 bits per heavy atom. The highest BCUT2D eigenvalue weighted by Gasteiger charge is 2.24. The van der Waals surface area contributed by atoms with Gasteiger partial charge in [-0.15, -0.1) is 11.3 Å². The number of fused-ring (bicyclic) bond motifs is 1. The van der Waals surface area contributed by atoms with Gasteiger partial charge in [-0.2, -0.15) is 5.10 Å². The van der Waals surface area contributed by atoms with Crippen molar-refractivity contribution < 1.29 is 4.79 Å². The average Bonchev–Trinajstić information content (AvgIpc) is 3.23. The van der Waals surface area contributed by atoms with Crippen LogP contribution in [0.4, 0.5) is 0 Å². The predicted molar refractivity (Wildman–Crippen MR) is 94.0 cm³/mol. The molecule has 0 unspecified atom stereocenters. The minimum atomic E-state index is -0.0459. The fourth-order valence-electron chi connectivity index (χ4n) is 3.19. The van der Waals surface area contributed by atoms with Gasteiger partial charge < -0.3 is 11.1 Å². The molecule has 3 aromatic heterocycles. The first-order valence-electron chi connectivity index (χ1n) is 8.16. The number of nitrogens with zero attached hydrogens (tertiary/aromatic N) is 3. The van der Waals surface area contributed by atoms with Crippen LogP contribution in [0.5, 0.6) is 0 Å². The maximum absolute atomic E-state index is 12.5. The summed E-state index contributed by atoms with van der Waals surface area (Å²) in [6.07, 6.45) is 7.72. The summed E-state index contributed by atoms with van der Waals surface area (Å²) in [6, 6.07) is 5.79. The number of hydrogen-bond acceptors (Lipinski definition) is 5. The number of hydrogen-bond donors (Lipinski definition) is 2. The van der Waals surface area contributed by atoms with Crippen LogP contribution in [0.3, 0.4) is 0 Å². The second kappa shape index (κ2) is 6.33. The van der Waals surface area contributed by atoms with Gasteiger partial charge in [0, 0.05) is 29.2 Å². The van der Waals surface area contributed by atoms with Crippen molar-refractivity contribution in [1.29, 1.82) is 0 Å². The van der Waals surface area contributed by atoms with Crippen LogP contribution in [0.2, 0.25) is 0 Å². The molecule has 0 aromatic carbocycles. The van der Waals surface area contributed by atoms with Crippen LogP contribution in [0.1, 0.15) is 35.4 Å². The summed E-state index contributed by atoms with van der Waals surface area (Å²) >= 11 is 1.43. The first-order valence-corrected chi connectivity index (χ1v) is 9.04. The SMILES string of the molecule is N[C@H]1CCCC[C@H]1NC(=O)c1cc(-c2cnc3cccnn23)cs1. The number of nitrogens with two attached hydrogens (primary N) is 1. The Kier molecular flexibility index (Phi) is 4.03. The largest absolute Gasteiger partial charge is 0.347 e. The van der Waals surface area contributed by atoms with Crippen LogP contribution in [0.15, 0.2) is 36.0 Å². The minimum Gasteiger partial charge on any atom is -0.347 e. The van der Waals surface area contributed by atoms with E-state index in [0.717, 1.165) is 42.6 Å². The number of imidazole rings is 1. The Bertz CT molecular complexity index is 871. The van der Waals surface area contributed by atoms with Crippen molar-refractivity contribution >= 4 is 22.9 Å². The summed E-state index contributed by atoms with van der Waals surface area (Å²) in [5.41, 5.74) is 8.74. The summed E-state index contributed by atoms with van der Waals surface area (Å²) in [7, 11) is 0. The molecule has 6 nitrogen and oxygen atoms in total. The average molecular weight is 341 g/mol. The van der Waals surface area contributed by atoms with E-state index in [2.05, 4.69) is 15.4 Å². The van der Waals surface area contributed by atoms with Crippen molar-refractivity contribution in [2.24, 2.45) is 5.73 Å². The summed E-state index contributed by atoms with van der Waals surface area (Å²) in [6.45, 7) is 0. The standard InChI is InChI=1S/C17H19N5OS/c18-12-4-1-2-5-13(12)21-17(23)15-8-11(10-24-15)14-9-19-16-6-3-7-20-22(14)16/h3,6-10,12-13H,1-2,4-5,18H2,(H,21,23)/t12-,13+/m0/s1. The molecule has 2 atom stereocenters. The first kappa shape index (κ1) is 15.3. The highest BCUT2D eigenvalue weighted by Crippen LogP contribution is 2.26. The molecule has 1 amide bonds. The Morgan fingerprint density at radius 3 is 3.12 bits per heavy atom. The fraction of sp³-hybridized carbons (Fsp3) is 0.353. The second-order valence-electron chi connectivity index (χ2n) is 6.16. The maximum atomic E-state index is 12.5. The Morgan fingerprint density at radius 2 is 2.25 bits per heavy atom. The van der Waals surface area contributed by atoms with E-state index in [9.17, 15) is 4.79 Å². The molecule has 0 aliphatic heterocycles. The van der Waals surface area contributed by atoms with Crippen LogP contribution in [-0.2, 0) is 0 Å². The van der Waals surface area contributed by atoms with E-state index in [-0.39, 0.29) is 18.0 Å². The van der Waals surface area contributed by atoms with Gasteiger partial charge in [-0.05, 0) is 31.0 Å². The molecule has 0 spiro atoms. The molecule has 4 rings (SSSR count). The number of nitrogens with one attached hydrogen (secondary N) is 1. The summed E-state index contributed by atoms with van der Waals surface area (Å²) in [5.74, 6) is -0.0459. The zero-order valence-electron chi connectivity index (χ0n) is 13.2. The van der Waals surface area contributed by atoms with Crippen molar-refractivity contribution in [2.45, 2.75) is 37.8 Å². The third-order valence-corrected chi connectivity index (χ3v) is 5.46. The van der Waals surface area contributed by atoms with E-state index in [4.69, 9.17) is 5.73 Å². The number of carbonyl (C=O) groups excluding carboxylic acids is 1. The number of aromatic nitrogens is 3. The normalized spacial score (nSPS) is 21.0. The van der Waals surface area contributed by atoms with Crippen LogP contribution < -0.4 is 11.1 Å². The maximum Gasteiger partial charge on any atom is 0.261 e. The van der Waals surface area contributed by atoms with E-state index >= 15 is 0 Å². The van der Waals surface area contributed by atoms with Gasteiger partial charge in [0.1, 0.15) is 0 Å². The van der Waals surface area contributed by atoms with Gasteiger partial charge in [0.25, 0.3) is 5.91 Å². The molecule has 3 heterocycles. The molecule has 0 saturated heterocycles. The Labute approximate surface area is 143 Å². The molecule has 1 aliphatic carbocycles. The number of carbonyl (C=O) groups is 1. The van der Waals surface area contributed by atoms with Gasteiger partial charge in [-0.25, -0.2) is 9.50 Å². The molecule has 124 valence electrons. The van der Waals surface area contributed by atoms with Gasteiger partial charge in [0.05, 0.1) is 16.8 Å². The van der Waals surface area contributed by atoms with Gasteiger partial charge in [-0.3, -0.25) is 4.79 Å². The van der Waals surface area contributed by atoms with E-state index in [1.807, 2.05) is 23.6 Å². The lowest BCUT2D eigenvalue weighted by molar-refractivity contribution is 0.0925. The molecular formula is C17H19N5OS. The monoisotopic (exact) mass is 341 g/mol. The van der Waals surface area contributed by atoms with Crippen molar-refractivity contribution in [1.82, 2.24) is 19.9 Å². The van der Waals surface area contributed by atoms with Crippen molar-refractivity contribution in [3.63, 3.8) is 0 Å². The minimum absolute atomic E-state index is 0.0459. The van der Waals surface area contributed by atoms with Crippen molar-refractivity contribution in [3.8, 4) is 11.3 Å². The lowest BCUT2D eigenvalue weighted by Gasteiger charge is -2.29. The smallest absolute Gasteiger partial charge is 0.261 e. The second-order valence-corrected chi connectivity index (χ2v) is 7.08. The quantitative estimate of drug-likeness (QED) is 0.766. The molecule has 1 saturated carbocycles. The third-order valence-electron chi connectivity index (χ3n) is 4.53. The molecule has 0 radical (unpaired) electrons. The van der Waals surface area contributed by atoms with Crippen LogP contribution in [0.25, 0.3) is 16.9 Å². The lowest BCUT2D eigenvalue weighted by Crippen LogP contribution is -2.49. The zero-order chi connectivity index (χ0) is 16.5. The van der Waals surface area contributed by atoms with E-state index in [1.165, 1.54) is 11.3 Å². The molecule has 3 aromatic rings. The molecular weight excluding hydrogens is 322 g/mol. The molecule has 24 heavy (non-hydrogen) atoms. The van der Waals surface area contributed by atoms with E-state index in [0.29, 0.717) is 4.88 Å². The molecule has 7 heteroatoms.